The number of hydrogen-bond donors (Lipinski definition) is 2. The SMILES string of the molecule is Cc1nnc(SCC2(CC(N)=NO)CC2)n1C. The zero-order chi connectivity index (χ0) is 12.5. The lowest BCUT2D eigenvalue weighted by molar-refractivity contribution is 0.315. The first-order chi connectivity index (χ1) is 8.06. The molecule has 0 amide bonds. The average molecular weight is 255 g/mol. The zero-order valence-electron chi connectivity index (χ0n) is 10.1. The second-order valence-corrected chi connectivity index (χ2v) is 5.59. The number of aryl methyl sites for hydroxylation is 1. The van der Waals surface area contributed by atoms with Gasteiger partial charge in [0.05, 0.1) is 0 Å². The summed E-state index contributed by atoms with van der Waals surface area (Å²) in [6.45, 7) is 1.93. The molecular formula is C10H17N5OS. The molecule has 1 aliphatic carbocycles. The summed E-state index contributed by atoms with van der Waals surface area (Å²) in [7, 11) is 1.96. The molecule has 17 heavy (non-hydrogen) atoms. The number of oxime groups is 1. The number of amidine groups is 1. The molecule has 94 valence electrons. The van der Waals surface area contributed by atoms with E-state index < -0.39 is 0 Å². The van der Waals surface area contributed by atoms with Gasteiger partial charge in [-0.15, -0.1) is 10.2 Å². The van der Waals surface area contributed by atoms with E-state index in [0.717, 1.165) is 29.6 Å². The molecule has 0 unspecified atom stereocenters. The molecule has 0 radical (unpaired) electrons. The lowest BCUT2D eigenvalue weighted by atomic mass is 10.1. The molecule has 0 spiro atoms. The summed E-state index contributed by atoms with van der Waals surface area (Å²) < 4.78 is 1.98. The van der Waals surface area contributed by atoms with Gasteiger partial charge in [-0.25, -0.2) is 0 Å². The van der Waals surface area contributed by atoms with Crippen LogP contribution in [0.2, 0.25) is 0 Å². The first-order valence-corrected chi connectivity index (χ1v) is 6.50. The molecule has 0 bridgehead atoms. The summed E-state index contributed by atoms with van der Waals surface area (Å²) in [6.07, 6.45) is 2.92. The molecule has 1 saturated carbocycles. The molecular weight excluding hydrogens is 238 g/mol. The maximum absolute atomic E-state index is 8.59. The Labute approximate surface area is 104 Å². The van der Waals surface area contributed by atoms with E-state index in [1.165, 1.54) is 0 Å². The Bertz CT molecular complexity index is 438. The van der Waals surface area contributed by atoms with Crippen molar-refractivity contribution in [1.29, 1.82) is 0 Å². The molecule has 7 heteroatoms. The van der Waals surface area contributed by atoms with Crippen LogP contribution in [0.5, 0.6) is 0 Å². The van der Waals surface area contributed by atoms with Gasteiger partial charge in [0.2, 0.25) is 0 Å². The van der Waals surface area contributed by atoms with Crippen molar-refractivity contribution in [1.82, 2.24) is 14.8 Å². The van der Waals surface area contributed by atoms with E-state index in [2.05, 4.69) is 15.4 Å². The highest BCUT2D eigenvalue weighted by Crippen LogP contribution is 2.51. The van der Waals surface area contributed by atoms with E-state index >= 15 is 0 Å². The lowest BCUT2D eigenvalue weighted by Gasteiger charge is -2.12. The smallest absolute Gasteiger partial charge is 0.190 e. The van der Waals surface area contributed by atoms with Crippen LogP contribution in [0.1, 0.15) is 25.1 Å². The molecule has 0 atom stereocenters. The van der Waals surface area contributed by atoms with Crippen LogP contribution in [0.4, 0.5) is 0 Å². The largest absolute Gasteiger partial charge is 0.409 e. The topological polar surface area (TPSA) is 89.3 Å². The average Bonchev–Trinajstić information content (AvgIpc) is 3.00. The van der Waals surface area contributed by atoms with Crippen LogP contribution in [0.25, 0.3) is 0 Å². The standard InChI is InChI=1S/C10H17N5OS/c1-7-12-13-9(15(7)2)17-6-10(3-4-10)5-8(11)14-16/h16H,3-6H2,1-2H3,(H2,11,14). The van der Waals surface area contributed by atoms with Crippen LogP contribution in [-0.2, 0) is 7.05 Å². The summed E-state index contributed by atoms with van der Waals surface area (Å²) in [5, 5.41) is 20.7. The lowest BCUT2D eigenvalue weighted by Crippen LogP contribution is -2.19. The molecule has 1 aromatic rings. The van der Waals surface area contributed by atoms with Gasteiger partial charge in [0.25, 0.3) is 0 Å². The molecule has 2 rings (SSSR count). The maximum Gasteiger partial charge on any atom is 0.190 e. The minimum absolute atomic E-state index is 0.195. The fourth-order valence-corrected chi connectivity index (χ4v) is 2.95. The van der Waals surface area contributed by atoms with Gasteiger partial charge in [-0.3, -0.25) is 0 Å². The number of nitrogens with two attached hydrogens (primary N) is 1. The summed E-state index contributed by atoms with van der Waals surface area (Å²) in [6, 6.07) is 0. The van der Waals surface area contributed by atoms with Gasteiger partial charge in [0.15, 0.2) is 5.16 Å². The zero-order valence-corrected chi connectivity index (χ0v) is 10.9. The third-order valence-electron chi connectivity index (χ3n) is 3.20. The van der Waals surface area contributed by atoms with Gasteiger partial charge in [0.1, 0.15) is 11.7 Å². The van der Waals surface area contributed by atoms with Gasteiger partial charge in [-0.1, -0.05) is 16.9 Å². The minimum Gasteiger partial charge on any atom is -0.409 e. The Hall–Kier alpha value is -1.24. The summed E-state index contributed by atoms with van der Waals surface area (Å²) in [4.78, 5) is 0. The van der Waals surface area contributed by atoms with Crippen LogP contribution in [0.15, 0.2) is 10.3 Å². The monoisotopic (exact) mass is 255 g/mol. The molecule has 1 fully saturated rings. The minimum atomic E-state index is 0.195. The molecule has 0 aromatic carbocycles. The van der Waals surface area contributed by atoms with Crippen molar-refractivity contribution in [3.05, 3.63) is 5.82 Å². The summed E-state index contributed by atoms with van der Waals surface area (Å²) in [5.41, 5.74) is 5.75. The van der Waals surface area contributed by atoms with E-state index in [-0.39, 0.29) is 5.41 Å². The number of nitrogens with zero attached hydrogens (tertiary/aromatic N) is 4. The van der Waals surface area contributed by atoms with Crippen molar-refractivity contribution in [2.45, 2.75) is 31.3 Å². The maximum atomic E-state index is 8.59. The van der Waals surface area contributed by atoms with E-state index in [1.807, 2.05) is 18.5 Å². The third-order valence-corrected chi connectivity index (χ3v) is 4.57. The number of rotatable bonds is 5. The van der Waals surface area contributed by atoms with Gasteiger partial charge < -0.3 is 15.5 Å². The van der Waals surface area contributed by atoms with E-state index in [1.54, 1.807) is 11.8 Å². The summed E-state index contributed by atoms with van der Waals surface area (Å²) >= 11 is 1.69. The molecule has 1 aliphatic rings. The van der Waals surface area contributed by atoms with Crippen LogP contribution in [0.3, 0.4) is 0 Å². The Morgan fingerprint density at radius 3 is 2.76 bits per heavy atom. The number of aromatic nitrogens is 3. The second kappa shape index (κ2) is 4.56. The van der Waals surface area contributed by atoms with Crippen LogP contribution in [0, 0.1) is 12.3 Å². The fourth-order valence-electron chi connectivity index (χ4n) is 1.70. The highest BCUT2D eigenvalue weighted by atomic mass is 32.2. The van der Waals surface area contributed by atoms with Gasteiger partial charge in [0, 0.05) is 19.2 Å². The number of hydrogen-bond acceptors (Lipinski definition) is 5. The van der Waals surface area contributed by atoms with Gasteiger partial charge >= 0.3 is 0 Å². The molecule has 6 nitrogen and oxygen atoms in total. The molecule has 1 aromatic heterocycles. The van der Waals surface area contributed by atoms with Crippen molar-refractivity contribution in [3.8, 4) is 0 Å². The highest BCUT2D eigenvalue weighted by Gasteiger charge is 2.43. The molecule has 1 heterocycles. The Kier molecular flexibility index (Phi) is 3.28. The Morgan fingerprint density at radius 1 is 1.59 bits per heavy atom. The van der Waals surface area contributed by atoms with Crippen LogP contribution < -0.4 is 5.73 Å². The fraction of sp³-hybridized carbons (Fsp3) is 0.700. The Balaban J connectivity index is 1.92. The van der Waals surface area contributed by atoms with Crippen molar-refractivity contribution in [3.63, 3.8) is 0 Å². The van der Waals surface area contributed by atoms with E-state index in [9.17, 15) is 0 Å². The third kappa shape index (κ3) is 2.71. The van der Waals surface area contributed by atoms with E-state index in [4.69, 9.17) is 10.9 Å². The number of thioether (sulfide) groups is 1. The van der Waals surface area contributed by atoms with Gasteiger partial charge in [-0.05, 0) is 25.2 Å². The quantitative estimate of drug-likeness (QED) is 0.271. The molecule has 3 N–H and O–H groups in total. The first-order valence-electron chi connectivity index (χ1n) is 5.51. The van der Waals surface area contributed by atoms with Crippen molar-refractivity contribution >= 4 is 17.6 Å². The first kappa shape index (κ1) is 12.2. The highest BCUT2D eigenvalue weighted by molar-refractivity contribution is 7.99. The second-order valence-electron chi connectivity index (χ2n) is 4.65. The molecule has 0 saturated heterocycles. The normalized spacial score (nSPS) is 18.4. The van der Waals surface area contributed by atoms with Crippen LogP contribution in [-0.4, -0.2) is 31.6 Å². The summed E-state index contributed by atoms with van der Waals surface area (Å²) in [5.74, 6) is 2.17. The molecule has 0 aliphatic heterocycles. The van der Waals surface area contributed by atoms with E-state index in [0.29, 0.717) is 12.3 Å². The van der Waals surface area contributed by atoms with Crippen molar-refractivity contribution in [2.75, 3.05) is 5.75 Å². The van der Waals surface area contributed by atoms with Gasteiger partial charge in [-0.2, -0.15) is 0 Å². The Morgan fingerprint density at radius 2 is 2.29 bits per heavy atom. The predicted octanol–water partition coefficient (Wildman–Crippen LogP) is 1.13. The van der Waals surface area contributed by atoms with Crippen LogP contribution >= 0.6 is 11.8 Å². The van der Waals surface area contributed by atoms with Crippen molar-refractivity contribution < 1.29 is 5.21 Å². The predicted molar refractivity (Wildman–Crippen MR) is 66.2 cm³/mol. The van der Waals surface area contributed by atoms with Crippen molar-refractivity contribution in [2.24, 2.45) is 23.4 Å².